The van der Waals surface area contributed by atoms with E-state index in [0.717, 1.165) is 28.6 Å². The van der Waals surface area contributed by atoms with Crippen molar-refractivity contribution in [3.8, 4) is 0 Å². The number of nitrogens with one attached hydrogen (secondary N) is 1. The average molecular weight is 353 g/mol. The molecule has 20 heavy (non-hydrogen) atoms. The molecule has 1 N–H and O–H groups in total. The maximum Gasteiger partial charge on any atom is 0.255 e. The monoisotopic (exact) mass is 351 g/mol. The highest BCUT2D eigenvalue weighted by atomic mass is 79.9. The number of carbonyl (C=O) groups is 1. The van der Waals surface area contributed by atoms with Crippen LogP contribution in [-0.2, 0) is 6.42 Å². The van der Waals surface area contributed by atoms with Gasteiger partial charge in [0.15, 0.2) is 0 Å². The van der Waals surface area contributed by atoms with Gasteiger partial charge < -0.3 is 5.32 Å². The van der Waals surface area contributed by atoms with Gasteiger partial charge in [0.2, 0.25) is 0 Å². The van der Waals surface area contributed by atoms with Crippen LogP contribution in [0.2, 0.25) is 5.02 Å². The third-order valence-corrected chi connectivity index (χ3v) is 4.20. The van der Waals surface area contributed by atoms with Gasteiger partial charge in [0.1, 0.15) is 0 Å². The van der Waals surface area contributed by atoms with Crippen LogP contribution in [0, 0.1) is 0 Å². The van der Waals surface area contributed by atoms with E-state index in [1.165, 1.54) is 0 Å². The van der Waals surface area contributed by atoms with Crippen molar-refractivity contribution >= 4 is 39.1 Å². The second kappa shape index (κ2) is 6.91. The van der Waals surface area contributed by atoms with Gasteiger partial charge in [-0.25, -0.2) is 0 Å². The molecule has 2 aromatic carbocycles. The Kier molecular flexibility index (Phi) is 5.21. The van der Waals surface area contributed by atoms with Crippen molar-refractivity contribution in [2.45, 2.75) is 19.8 Å². The molecule has 104 valence electrons. The van der Waals surface area contributed by atoms with E-state index in [4.69, 9.17) is 11.6 Å². The number of aryl methyl sites for hydroxylation is 1. The summed E-state index contributed by atoms with van der Waals surface area (Å²) in [5, 5.41) is 3.47. The van der Waals surface area contributed by atoms with Crippen molar-refractivity contribution in [3.63, 3.8) is 0 Å². The number of rotatable bonds is 4. The van der Waals surface area contributed by atoms with Crippen molar-refractivity contribution in [2.24, 2.45) is 0 Å². The van der Waals surface area contributed by atoms with Crippen LogP contribution < -0.4 is 5.32 Å². The molecular formula is C16H15BrClNO. The van der Waals surface area contributed by atoms with Gasteiger partial charge in [0, 0.05) is 15.7 Å². The number of para-hydroxylation sites is 1. The quantitative estimate of drug-likeness (QED) is 0.794. The van der Waals surface area contributed by atoms with Crippen LogP contribution in [0.1, 0.15) is 29.3 Å². The topological polar surface area (TPSA) is 29.1 Å². The van der Waals surface area contributed by atoms with Crippen LogP contribution in [0.4, 0.5) is 5.69 Å². The molecule has 0 bridgehead atoms. The van der Waals surface area contributed by atoms with Gasteiger partial charge in [-0.2, -0.15) is 0 Å². The van der Waals surface area contributed by atoms with Crippen LogP contribution in [0.15, 0.2) is 46.9 Å². The third kappa shape index (κ3) is 3.62. The molecule has 4 heteroatoms. The molecule has 0 saturated heterocycles. The van der Waals surface area contributed by atoms with E-state index in [1.54, 1.807) is 18.2 Å². The van der Waals surface area contributed by atoms with Gasteiger partial charge in [-0.05, 0) is 52.2 Å². The molecule has 0 radical (unpaired) electrons. The Morgan fingerprint density at radius 1 is 1.25 bits per heavy atom. The first-order valence-electron chi connectivity index (χ1n) is 6.46. The van der Waals surface area contributed by atoms with E-state index >= 15 is 0 Å². The number of anilines is 1. The molecule has 0 heterocycles. The fraction of sp³-hybridized carbons (Fsp3) is 0.188. The largest absolute Gasteiger partial charge is 0.322 e. The summed E-state index contributed by atoms with van der Waals surface area (Å²) in [6.45, 7) is 2.12. The van der Waals surface area contributed by atoms with Gasteiger partial charge in [-0.1, -0.05) is 43.1 Å². The summed E-state index contributed by atoms with van der Waals surface area (Å²) in [5.41, 5.74) is 2.55. The summed E-state index contributed by atoms with van der Waals surface area (Å²) in [4.78, 5) is 12.2. The Morgan fingerprint density at radius 3 is 2.70 bits per heavy atom. The van der Waals surface area contributed by atoms with Crippen molar-refractivity contribution in [1.29, 1.82) is 0 Å². The van der Waals surface area contributed by atoms with E-state index in [2.05, 4.69) is 28.2 Å². The van der Waals surface area contributed by atoms with Crippen LogP contribution in [0.5, 0.6) is 0 Å². The first kappa shape index (κ1) is 15.1. The molecule has 0 aliphatic rings. The number of benzene rings is 2. The van der Waals surface area contributed by atoms with E-state index in [0.29, 0.717) is 10.6 Å². The molecule has 0 aliphatic heterocycles. The molecule has 0 fully saturated rings. The first-order chi connectivity index (χ1) is 9.61. The zero-order valence-electron chi connectivity index (χ0n) is 11.1. The molecule has 1 amide bonds. The normalized spacial score (nSPS) is 10.3. The number of hydrogen-bond donors (Lipinski definition) is 1. The van der Waals surface area contributed by atoms with Gasteiger partial charge in [0.05, 0.1) is 5.02 Å². The Labute approximate surface area is 132 Å². The van der Waals surface area contributed by atoms with Crippen LogP contribution >= 0.6 is 27.5 Å². The summed E-state index contributed by atoms with van der Waals surface area (Å²) in [7, 11) is 0. The van der Waals surface area contributed by atoms with Gasteiger partial charge in [-0.15, -0.1) is 0 Å². The molecule has 0 spiro atoms. The summed E-state index contributed by atoms with van der Waals surface area (Å²) >= 11 is 9.33. The lowest BCUT2D eigenvalue weighted by Crippen LogP contribution is -2.13. The Hall–Kier alpha value is -1.32. The summed E-state index contributed by atoms with van der Waals surface area (Å²) in [6.07, 6.45) is 1.98. The fourth-order valence-corrected chi connectivity index (χ4v) is 2.39. The van der Waals surface area contributed by atoms with Gasteiger partial charge in [0.25, 0.3) is 5.91 Å². The molecule has 0 aliphatic carbocycles. The molecule has 0 atom stereocenters. The molecule has 2 rings (SSSR count). The SMILES string of the molecule is CCCc1ccccc1NC(=O)c1ccc(Br)c(Cl)c1. The van der Waals surface area contributed by atoms with Gasteiger partial charge >= 0.3 is 0 Å². The van der Waals surface area contributed by atoms with Crippen LogP contribution in [0.3, 0.4) is 0 Å². The molecule has 0 saturated carbocycles. The predicted octanol–water partition coefficient (Wildman–Crippen LogP) is 5.31. The Balaban J connectivity index is 2.21. The molecule has 2 aromatic rings. The smallest absolute Gasteiger partial charge is 0.255 e. The average Bonchev–Trinajstić information content (AvgIpc) is 2.44. The molecule has 0 unspecified atom stereocenters. The minimum atomic E-state index is -0.150. The van der Waals surface area contributed by atoms with Crippen LogP contribution in [-0.4, -0.2) is 5.91 Å². The molecule has 0 aromatic heterocycles. The lowest BCUT2D eigenvalue weighted by molar-refractivity contribution is 0.102. The summed E-state index contributed by atoms with van der Waals surface area (Å²) < 4.78 is 0.780. The first-order valence-corrected chi connectivity index (χ1v) is 7.63. The second-order valence-electron chi connectivity index (χ2n) is 4.49. The van der Waals surface area contributed by atoms with E-state index in [-0.39, 0.29) is 5.91 Å². The number of hydrogen-bond acceptors (Lipinski definition) is 1. The molecular weight excluding hydrogens is 338 g/mol. The lowest BCUT2D eigenvalue weighted by Gasteiger charge is -2.10. The number of carbonyl (C=O) groups excluding carboxylic acids is 1. The number of halogens is 2. The standard InChI is InChI=1S/C16H15BrClNO/c1-2-5-11-6-3-4-7-15(11)19-16(20)12-8-9-13(17)14(18)10-12/h3-4,6-10H,2,5H2,1H3,(H,19,20). The summed E-state index contributed by atoms with van der Waals surface area (Å²) in [5.74, 6) is -0.150. The molecule has 2 nitrogen and oxygen atoms in total. The Morgan fingerprint density at radius 2 is 2.00 bits per heavy atom. The predicted molar refractivity (Wildman–Crippen MR) is 87.5 cm³/mol. The van der Waals surface area contributed by atoms with Crippen molar-refractivity contribution in [1.82, 2.24) is 0 Å². The Bertz CT molecular complexity index is 628. The lowest BCUT2D eigenvalue weighted by atomic mass is 10.1. The van der Waals surface area contributed by atoms with E-state index < -0.39 is 0 Å². The fourth-order valence-electron chi connectivity index (χ4n) is 1.96. The maximum absolute atomic E-state index is 12.2. The van der Waals surface area contributed by atoms with Crippen LogP contribution in [0.25, 0.3) is 0 Å². The zero-order chi connectivity index (χ0) is 14.5. The van der Waals surface area contributed by atoms with Crippen molar-refractivity contribution < 1.29 is 4.79 Å². The number of amides is 1. The van der Waals surface area contributed by atoms with Crippen molar-refractivity contribution in [2.75, 3.05) is 5.32 Å². The highest BCUT2D eigenvalue weighted by Gasteiger charge is 2.10. The van der Waals surface area contributed by atoms with E-state index in [9.17, 15) is 4.79 Å². The highest BCUT2D eigenvalue weighted by Crippen LogP contribution is 2.24. The highest BCUT2D eigenvalue weighted by molar-refractivity contribution is 9.10. The van der Waals surface area contributed by atoms with Gasteiger partial charge in [-0.3, -0.25) is 4.79 Å². The second-order valence-corrected chi connectivity index (χ2v) is 5.75. The maximum atomic E-state index is 12.2. The van der Waals surface area contributed by atoms with Crippen molar-refractivity contribution in [3.05, 3.63) is 63.1 Å². The minimum absolute atomic E-state index is 0.150. The minimum Gasteiger partial charge on any atom is -0.322 e. The van der Waals surface area contributed by atoms with E-state index in [1.807, 2.05) is 24.3 Å². The zero-order valence-corrected chi connectivity index (χ0v) is 13.5. The summed E-state index contributed by atoms with van der Waals surface area (Å²) in [6, 6.07) is 13.0. The third-order valence-electron chi connectivity index (χ3n) is 2.97.